The molecule has 0 heterocycles. The monoisotopic (exact) mass is 279 g/mol. The number of aliphatic hydroxyl groups excluding tert-OH is 1. The molecule has 0 aromatic heterocycles. The normalized spacial score (nSPS) is 12.1. The van der Waals surface area contributed by atoms with Gasteiger partial charge in [-0.05, 0) is 30.7 Å². The molecule has 3 N–H and O–H groups in total. The fourth-order valence-corrected chi connectivity index (χ4v) is 1.42. The van der Waals surface area contributed by atoms with E-state index >= 15 is 0 Å². The molecule has 0 unspecified atom stereocenters. The van der Waals surface area contributed by atoms with E-state index in [4.69, 9.17) is 14.9 Å². The summed E-state index contributed by atoms with van der Waals surface area (Å²) in [4.78, 5) is 22.1. The summed E-state index contributed by atoms with van der Waals surface area (Å²) in [5.74, 6) is -1.13. The predicted octanol–water partition coefficient (Wildman–Crippen LogP) is 0.660. The average molecular weight is 279 g/mol. The van der Waals surface area contributed by atoms with E-state index in [1.807, 2.05) is 6.92 Å². The Morgan fingerprint density at radius 3 is 2.50 bits per heavy atom. The maximum absolute atomic E-state index is 11.5. The van der Waals surface area contributed by atoms with Gasteiger partial charge in [-0.1, -0.05) is 12.1 Å². The number of rotatable bonds is 7. The van der Waals surface area contributed by atoms with Crippen molar-refractivity contribution in [3.05, 3.63) is 35.9 Å². The molecule has 0 saturated heterocycles. The molecular weight excluding hydrogens is 262 g/mol. The van der Waals surface area contributed by atoms with Gasteiger partial charge in [0.15, 0.2) is 6.04 Å². The van der Waals surface area contributed by atoms with Crippen LogP contribution >= 0.6 is 0 Å². The number of aliphatic hydroxyl groups is 1. The largest absolute Gasteiger partial charge is 0.494 e. The highest BCUT2D eigenvalue weighted by Gasteiger charge is 2.16. The predicted molar refractivity (Wildman–Crippen MR) is 73.3 cm³/mol. The van der Waals surface area contributed by atoms with Gasteiger partial charge in [-0.2, -0.15) is 0 Å². The minimum Gasteiger partial charge on any atom is -0.494 e. The molecule has 0 saturated carbocycles. The lowest BCUT2D eigenvalue weighted by Gasteiger charge is -2.09. The lowest BCUT2D eigenvalue weighted by Crippen LogP contribution is -2.42. The van der Waals surface area contributed by atoms with Crippen molar-refractivity contribution in [1.29, 1.82) is 0 Å². The van der Waals surface area contributed by atoms with Crippen LogP contribution in [0, 0.1) is 0 Å². The van der Waals surface area contributed by atoms with Crippen molar-refractivity contribution in [2.45, 2.75) is 13.0 Å². The minimum absolute atomic E-state index is 0.579. The van der Waals surface area contributed by atoms with Crippen LogP contribution in [0.1, 0.15) is 12.5 Å². The standard InChI is InChI=1S/C14H17NO5/c1-2-20-11-6-3-10(4-7-11)5-8-13(17)15-12(9-16)14(18)19/h3-8,12,16H,2,9H2,1H3,(H,15,17)(H,18,19)/b8-5+/t12-/m1/s1. The van der Waals surface area contributed by atoms with E-state index in [-0.39, 0.29) is 0 Å². The van der Waals surface area contributed by atoms with E-state index in [9.17, 15) is 9.59 Å². The summed E-state index contributed by atoms with van der Waals surface area (Å²) in [6.07, 6.45) is 2.75. The molecule has 0 bridgehead atoms. The molecule has 6 nitrogen and oxygen atoms in total. The highest BCUT2D eigenvalue weighted by Crippen LogP contribution is 2.12. The minimum atomic E-state index is -1.30. The van der Waals surface area contributed by atoms with Crippen LogP contribution in [-0.2, 0) is 9.59 Å². The number of carbonyl (C=O) groups excluding carboxylic acids is 1. The quantitative estimate of drug-likeness (QED) is 0.637. The van der Waals surface area contributed by atoms with Gasteiger partial charge in [-0.3, -0.25) is 4.79 Å². The van der Waals surface area contributed by atoms with Crippen LogP contribution in [0.3, 0.4) is 0 Å². The van der Waals surface area contributed by atoms with Gasteiger partial charge in [-0.25, -0.2) is 4.79 Å². The number of aliphatic carboxylic acids is 1. The first-order valence-corrected chi connectivity index (χ1v) is 6.12. The third-order valence-electron chi connectivity index (χ3n) is 2.42. The molecular formula is C14H17NO5. The summed E-state index contributed by atoms with van der Waals surface area (Å²) in [5.41, 5.74) is 0.777. The van der Waals surface area contributed by atoms with E-state index in [2.05, 4.69) is 5.32 Å². The second-order valence-corrected chi connectivity index (χ2v) is 3.92. The van der Waals surface area contributed by atoms with Crippen molar-refractivity contribution >= 4 is 18.0 Å². The Bertz CT molecular complexity index is 481. The fraction of sp³-hybridized carbons (Fsp3) is 0.286. The number of ether oxygens (including phenoxy) is 1. The molecule has 108 valence electrons. The average Bonchev–Trinajstić information content (AvgIpc) is 2.44. The van der Waals surface area contributed by atoms with E-state index in [1.54, 1.807) is 30.3 Å². The van der Waals surface area contributed by atoms with E-state index in [0.717, 1.165) is 11.3 Å². The van der Waals surface area contributed by atoms with Crippen LogP contribution in [0.15, 0.2) is 30.3 Å². The molecule has 0 radical (unpaired) electrons. The Balaban J connectivity index is 2.58. The van der Waals surface area contributed by atoms with Gasteiger partial charge in [0.05, 0.1) is 13.2 Å². The molecule has 0 fully saturated rings. The van der Waals surface area contributed by atoms with Crippen molar-refractivity contribution in [3.63, 3.8) is 0 Å². The summed E-state index contributed by atoms with van der Waals surface area (Å²) < 4.78 is 5.28. The summed E-state index contributed by atoms with van der Waals surface area (Å²) >= 11 is 0. The molecule has 1 rings (SSSR count). The first kappa shape index (κ1) is 15.7. The van der Waals surface area contributed by atoms with Gasteiger partial charge >= 0.3 is 5.97 Å². The summed E-state index contributed by atoms with van der Waals surface area (Å²) in [6, 6.07) is 5.79. The molecule has 0 aliphatic carbocycles. The maximum atomic E-state index is 11.5. The topological polar surface area (TPSA) is 95.9 Å². The Hall–Kier alpha value is -2.34. The molecule has 6 heteroatoms. The molecule has 20 heavy (non-hydrogen) atoms. The Kier molecular flexibility index (Phi) is 6.25. The van der Waals surface area contributed by atoms with Gasteiger partial charge in [-0.15, -0.1) is 0 Å². The zero-order valence-corrected chi connectivity index (χ0v) is 11.1. The number of benzene rings is 1. The van der Waals surface area contributed by atoms with Crippen LogP contribution in [0.5, 0.6) is 5.75 Å². The molecule has 1 amide bonds. The van der Waals surface area contributed by atoms with Crippen LogP contribution in [0.2, 0.25) is 0 Å². The van der Waals surface area contributed by atoms with Gasteiger partial charge in [0, 0.05) is 6.08 Å². The highest BCUT2D eigenvalue weighted by molar-refractivity contribution is 5.94. The smallest absolute Gasteiger partial charge is 0.328 e. The second kappa shape index (κ2) is 7.96. The van der Waals surface area contributed by atoms with Crippen molar-refractivity contribution in [1.82, 2.24) is 5.32 Å². The number of hydrogen-bond donors (Lipinski definition) is 3. The van der Waals surface area contributed by atoms with Gasteiger partial charge < -0.3 is 20.3 Å². The third kappa shape index (κ3) is 5.11. The number of carbonyl (C=O) groups is 2. The van der Waals surface area contributed by atoms with E-state index < -0.39 is 24.5 Å². The zero-order valence-electron chi connectivity index (χ0n) is 11.1. The highest BCUT2D eigenvalue weighted by atomic mass is 16.5. The van der Waals surface area contributed by atoms with E-state index in [1.165, 1.54) is 6.08 Å². The summed E-state index contributed by atoms with van der Waals surface area (Å²) in [5, 5.41) is 19.6. The number of hydrogen-bond acceptors (Lipinski definition) is 4. The summed E-state index contributed by atoms with van der Waals surface area (Å²) in [6.45, 7) is 1.81. The molecule has 1 aromatic rings. The van der Waals surface area contributed by atoms with Crippen LogP contribution in [0.25, 0.3) is 6.08 Å². The number of carboxylic acid groups (broad SMARTS) is 1. The number of amides is 1. The second-order valence-electron chi connectivity index (χ2n) is 3.92. The van der Waals surface area contributed by atoms with Gasteiger partial charge in [0.25, 0.3) is 0 Å². The lowest BCUT2D eigenvalue weighted by atomic mass is 10.2. The number of nitrogens with one attached hydrogen (secondary N) is 1. The molecule has 0 aliphatic heterocycles. The molecule has 1 atom stereocenters. The lowest BCUT2D eigenvalue weighted by molar-refractivity contribution is -0.142. The SMILES string of the molecule is CCOc1ccc(/C=C/C(=O)N[C@H](CO)C(=O)O)cc1. The van der Waals surface area contributed by atoms with Crippen molar-refractivity contribution in [2.24, 2.45) is 0 Å². The first-order chi connectivity index (χ1) is 9.56. The fourth-order valence-electron chi connectivity index (χ4n) is 1.42. The van der Waals surface area contributed by atoms with Crippen molar-refractivity contribution < 1.29 is 24.5 Å². The first-order valence-electron chi connectivity index (χ1n) is 6.12. The number of carboxylic acids is 1. The van der Waals surface area contributed by atoms with Crippen LogP contribution in [0.4, 0.5) is 0 Å². The molecule has 0 spiro atoms. The van der Waals surface area contributed by atoms with Crippen molar-refractivity contribution in [2.75, 3.05) is 13.2 Å². The molecule has 0 aliphatic rings. The molecule has 1 aromatic carbocycles. The van der Waals surface area contributed by atoms with Gasteiger partial charge in [0.1, 0.15) is 5.75 Å². The Morgan fingerprint density at radius 2 is 2.00 bits per heavy atom. The Morgan fingerprint density at radius 1 is 1.35 bits per heavy atom. The zero-order chi connectivity index (χ0) is 15.0. The van der Waals surface area contributed by atoms with E-state index in [0.29, 0.717) is 6.61 Å². The Labute approximate surface area is 116 Å². The van der Waals surface area contributed by atoms with Crippen molar-refractivity contribution in [3.8, 4) is 5.75 Å². The van der Waals surface area contributed by atoms with Crippen LogP contribution in [-0.4, -0.2) is 41.3 Å². The third-order valence-corrected chi connectivity index (χ3v) is 2.42. The van der Waals surface area contributed by atoms with Crippen LogP contribution < -0.4 is 10.1 Å². The van der Waals surface area contributed by atoms with Gasteiger partial charge in [0.2, 0.25) is 5.91 Å². The maximum Gasteiger partial charge on any atom is 0.328 e. The summed E-state index contributed by atoms with van der Waals surface area (Å²) in [7, 11) is 0.